The first kappa shape index (κ1) is 10.8. The third-order valence-electron chi connectivity index (χ3n) is 2.27. The summed E-state index contributed by atoms with van der Waals surface area (Å²) in [7, 11) is 1.74. The van der Waals surface area contributed by atoms with E-state index in [4.69, 9.17) is 5.11 Å². The molecule has 0 aromatic carbocycles. The zero-order chi connectivity index (χ0) is 10.7. The lowest BCUT2D eigenvalue weighted by Crippen LogP contribution is -2.43. The van der Waals surface area contributed by atoms with Crippen LogP contribution in [-0.4, -0.2) is 41.1 Å². The Morgan fingerprint density at radius 1 is 1.57 bits per heavy atom. The summed E-state index contributed by atoms with van der Waals surface area (Å²) in [5.74, 6) is -0.896. The van der Waals surface area contributed by atoms with Gasteiger partial charge in [-0.2, -0.15) is 0 Å². The van der Waals surface area contributed by atoms with E-state index in [1.54, 1.807) is 18.9 Å². The minimum absolute atomic E-state index is 0.0375. The molecule has 1 aliphatic carbocycles. The van der Waals surface area contributed by atoms with Crippen molar-refractivity contribution in [1.29, 1.82) is 0 Å². The van der Waals surface area contributed by atoms with Crippen molar-refractivity contribution in [1.82, 2.24) is 10.2 Å². The van der Waals surface area contributed by atoms with Gasteiger partial charge >= 0.3 is 12.0 Å². The monoisotopic (exact) mass is 200 g/mol. The molecule has 2 N–H and O–H groups in total. The number of hydrogen-bond donors (Lipinski definition) is 2. The van der Waals surface area contributed by atoms with Crippen LogP contribution in [0.2, 0.25) is 0 Å². The predicted molar refractivity (Wildman–Crippen MR) is 51.0 cm³/mol. The van der Waals surface area contributed by atoms with Gasteiger partial charge in [0.15, 0.2) is 0 Å². The molecule has 1 fully saturated rings. The van der Waals surface area contributed by atoms with Gasteiger partial charge in [0.05, 0.1) is 6.42 Å². The first-order valence-corrected chi connectivity index (χ1v) is 4.76. The second kappa shape index (κ2) is 4.30. The van der Waals surface area contributed by atoms with Crippen LogP contribution in [0.1, 0.15) is 26.2 Å². The Balaban J connectivity index is 2.27. The number of carboxylic acids is 1. The minimum atomic E-state index is -0.896. The maximum absolute atomic E-state index is 11.4. The zero-order valence-electron chi connectivity index (χ0n) is 8.49. The standard InChI is InChI=1S/C9H16N2O3/c1-6(5-8(12)13)10-9(14)11(2)7-3-4-7/h6-7H,3-5H2,1-2H3,(H,10,14)(H,12,13). The summed E-state index contributed by atoms with van der Waals surface area (Å²) in [5.41, 5.74) is 0. The molecule has 14 heavy (non-hydrogen) atoms. The Morgan fingerprint density at radius 3 is 2.57 bits per heavy atom. The molecule has 0 heterocycles. The molecule has 80 valence electrons. The lowest BCUT2D eigenvalue weighted by Gasteiger charge is -2.20. The number of amides is 2. The number of urea groups is 1. The van der Waals surface area contributed by atoms with Crippen molar-refractivity contribution in [2.45, 2.75) is 38.3 Å². The third kappa shape index (κ3) is 3.24. The summed E-state index contributed by atoms with van der Waals surface area (Å²) in [6, 6.07) is -0.144. The molecule has 0 aliphatic heterocycles. The van der Waals surface area contributed by atoms with Gasteiger partial charge in [0.1, 0.15) is 0 Å². The number of carboxylic acid groups (broad SMARTS) is 1. The quantitative estimate of drug-likeness (QED) is 0.700. The lowest BCUT2D eigenvalue weighted by atomic mass is 10.2. The van der Waals surface area contributed by atoms with Crippen molar-refractivity contribution >= 4 is 12.0 Å². The summed E-state index contributed by atoms with van der Waals surface area (Å²) in [6.45, 7) is 1.69. The van der Waals surface area contributed by atoms with Gasteiger partial charge in [-0.3, -0.25) is 4.79 Å². The molecule has 1 rings (SSSR count). The van der Waals surface area contributed by atoms with E-state index < -0.39 is 5.97 Å². The summed E-state index contributed by atoms with van der Waals surface area (Å²) in [4.78, 5) is 23.4. The van der Waals surface area contributed by atoms with Crippen LogP contribution in [0, 0.1) is 0 Å². The highest BCUT2D eigenvalue weighted by molar-refractivity contribution is 5.76. The molecule has 0 aromatic heterocycles. The molecule has 0 spiro atoms. The van der Waals surface area contributed by atoms with Crippen LogP contribution in [-0.2, 0) is 4.79 Å². The van der Waals surface area contributed by atoms with E-state index in [1.807, 2.05) is 0 Å². The smallest absolute Gasteiger partial charge is 0.317 e. The predicted octanol–water partition coefficient (Wildman–Crippen LogP) is 0.653. The van der Waals surface area contributed by atoms with E-state index in [2.05, 4.69) is 5.32 Å². The van der Waals surface area contributed by atoms with Gasteiger partial charge < -0.3 is 15.3 Å². The fourth-order valence-corrected chi connectivity index (χ4v) is 1.25. The SMILES string of the molecule is CC(CC(=O)O)NC(=O)N(C)C1CC1. The summed E-state index contributed by atoms with van der Waals surface area (Å²) < 4.78 is 0. The zero-order valence-corrected chi connectivity index (χ0v) is 8.49. The maximum Gasteiger partial charge on any atom is 0.317 e. The molecule has 5 nitrogen and oxygen atoms in total. The number of hydrogen-bond acceptors (Lipinski definition) is 2. The van der Waals surface area contributed by atoms with Crippen LogP contribution in [0.4, 0.5) is 4.79 Å². The maximum atomic E-state index is 11.4. The molecule has 0 radical (unpaired) electrons. The highest BCUT2D eigenvalue weighted by atomic mass is 16.4. The number of rotatable bonds is 4. The minimum Gasteiger partial charge on any atom is -0.481 e. The second-order valence-corrected chi connectivity index (χ2v) is 3.79. The molecule has 5 heteroatoms. The Kier molecular flexibility index (Phi) is 3.33. The van der Waals surface area contributed by atoms with E-state index in [0.717, 1.165) is 12.8 Å². The van der Waals surface area contributed by atoms with Crippen molar-refractivity contribution in [3.05, 3.63) is 0 Å². The Hall–Kier alpha value is -1.26. The van der Waals surface area contributed by atoms with Crippen LogP contribution in [0.15, 0.2) is 0 Å². The number of carbonyl (C=O) groups is 2. The van der Waals surface area contributed by atoms with Gasteiger partial charge in [-0.1, -0.05) is 0 Å². The van der Waals surface area contributed by atoms with E-state index in [9.17, 15) is 9.59 Å². The first-order valence-electron chi connectivity index (χ1n) is 4.76. The van der Waals surface area contributed by atoms with Gasteiger partial charge in [-0.25, -0.2) is 4.79 Å². The number of aliphatic carboxylic acids is 1. The largest absolute Gasteiger partial charge is 0.481 e. The van der Waals surface area contributed by atoms with Gasteiger partial charge in [0, 0.05) is 19.1 Å². The van der Waals surface area contributed by atoms with Crippen molar-refractivity contribution < 1.29 is 14.7 Å². The summed E-state index contributed by atoms with van der Waals surface area (Å²) >= 11 is 0. The average molecular weight is 200 g/mol. The van der Waals surface area contributed by atoms with Crippen molar-refractivity contribution in [3.63, 3.8) is 0 Å². The van der Waals surface area contributed by atoms with Gasteiger partial charge in [-0.05, 0) is 19.8 Å². The highest BCUT2D eigenvalue weighted by Crippen LogP contribution is 2.25. The molecule has 0 saturated heterocycles. The Bertz CT molecular complexity index is 238. The molecular formula is C9H16N2O3. The fraction of sp³-hybridized carbons (Fsp3) is 0.778. The molecule has 1 saturated carbocycles. The molecule has 0 aromatic rings. The normalized spacial score (nSPS) is 17.3. The molecule has 1 atom stereocenters. The average Bonchev–Trinajstić information content (AvgIpc) is 2.83. The van der Waals surface area contributed by atoms with Crippen LogP contribution >= 0.6 is 0 Å². The van der Waals surface area contributed by atoms with E-state index in [1.165, 1.54) is 0 Å². The Labute approximate surface area is 83.1 Å². The number of nitrogens with zero attached hydrogens (tertiary/aromatic N) is 1. The van der Waals surface area contributed by atoms with Crippen molar-refractivity contribution in [2.24, 2.45) is 0 Å². The molecule has 1 aliphatic rings. The summed E-state index contributed by atoms with van der Waals surface area (Å²) in [6.07, 6.45) is 2.07. The van der Waals surface area contributed by atoms with E-state index in [0.29, 0.717) is 6.04 Å². The number of nitrogens with one attached hydrogen (secondary N) is 1. The van der Waals surface area contributed by atoms with Crippen LogP contribution < -0.4 is 5.32 Å². The van der Waals surface area contributed by atoms with Crippen molar-refractivity contribution in [2.75, 3.05) is 7.05 Å². The van der Waals surface area contributed by atoms with Crippen LogP contribution in [0.25, 0.3) is 0 Å². The van der Waals surface area contributed by atoms with E-state index >= 15 is 0 Å². The fourth-order valence-electron chi connectivity index (χ4n) is 1.25. The van der Waals surface area contributed by atoms with Crippen molar-refractivity contribution in [3.8, 4) is 0 Å². The van der Waals surface area contributed by atoms with Gasteiger partial charge in [0.25, 0.3) is 0 Å². The molecule has 0 bridgehead atoms. The summed E-state index contributed by atoms with van der Waals surface area (Å²) in [5, 5.41) is 11.1. The Morgan fingerprint density at radius 2 is 2.14 bits per heavy atom. The second-order valence-electron chi connectivity index (χ2n) is 3.79. The molecule has 2 amide bonds. The van der Waals surface area contributed by atoms with Crippen LogP contribution in [0.5, 0.6) is 0 Å². The van der Waals surface area contributed by atoms with Gasteiger partial charge in [0.2, 0.25) is 0 Å². The van der Waals surface area contributed by atoms with Gasteiger partial charge in [-0.15, -0.1) is 0 Å². The van der Waals surface area contributed by atoms with Crippen LogP contribution in [0.3, 0.4) is 0 Å². The third-order valence-corrected chi connectivity index (χ3v) is 2.27. The van der Waals surface area contributed by atoms with E-state index in [-0.39, 0.29) is 18.5 Å². The topological polar surface area (TPSA) is 69.6 Å². The lowest BCUT2D eigenvalue weighted by molar-refractivity contribution is -0.137. The molecular weight excluding hydrogens is 184 g/mol. The molecule has 1 unspecified atom stereocenters. The highest BCUT2D eigenvalue weighted by Gasteiger charge is 2.30. The number of carbonyl (C=O) groups excluding carboxylic acids is 1. The first-order chi connectivity index (χ1) is 6.50.